The minimum atomic E-state index is 0.359. The van der Waals surface area contributed by atoms with Crippen molar-refractivity contribution in [1.29, 1.82) is 0 Å². The highest BCUT2D eigenvalue weighted by molar-refractivity contribution is 7.80. The number of pyridine rings is 1. The van der Waals surface area contributed by atoms with E-state index in [9.17, 15) is 0 Å². The molecule has 0 saturated carbocycles. The van der Waals surface area contributed by atoms with Crippen molar-refractivity contribution in [2.45, 2.75) is 25.3 Å². The molecule has 0 aromatic carbocycles. The van der Waals surface area contributed by atoms with Gasteiger partial charge in [-0.1, -0.05) is 12.1 Å². The standard InChI is InChI=1S/C14H19N3S/c1-2-8-16-14(18)17-10-4-3-7-13(17)12-6-5-9-15-11-12/h2,5-6,9,11,13H,1,3-4,7-8,10H2,(H,16,18)/t13-/m1/s1. The van der Waals surface area contributed by atoms with Crippen molar-refractivity contribution in [2.24, 2.45) is 0 Å². The molecule has 0 amide bonds. The average molecular weight is 261 g/mol. The molecule has 0 radical (unpaired) electrons. The van der Waals surface area contributed by atoms with E-state index in [-0.39, 0.29) is 0 Å². The zero-order valence-electron chi connectivity index (χ0n) is 10.5. The summed E-state index contributed by atoms with van der Waals surface area (Å²) in [5.41, 5.74) is 1.25. The molecule has 1 aliphatic heterocycles. The van der Waals surface area contributed by atoms with Crippen LogP contribution in [-0.2, 0) is 0 Å². The summed E-state index contributed by atoms with van der Waals surface area (Å²) in [5.74, 6) is 0. The molecule has 1 aliphatic rings. The minimum Gasteiger partial charge on any atom is -0.359 e. The summed E-state index contributed by atoms with van der Waals surface area (Å²) in [6.45, 7) is 5.44. The summed E-state index contributed by atoms with van der Waals surface area (Å²) < 4.78 is 0. The molecule has 96 valence electrons. The maximum atomic E-state index is 5.46. The number of piperidine rings is 1. The summed E-state index contributed by atoms with van der Waals surface area (Å²) in [6.07, 6.45) is 9.17. The van der Waals surface area contributed by atoms with E-state index in [4.69, 9.17) is 12.2 Å². The van der Waals surface area contributed by atoms with Crippen LogP contribution in [0.1, 0.15) is 30.9 Å². The summed E-state index contributed by atoms with van der Waals surface area (Å²) in [7, 11) is 0. The van der Waals surface area contributed by atoms with Crippen LogP contribution in [0.2, 0.25) is 0 Å². The van der Waals surface area contributed by atoms with Gasteiger partial charge in [-0.15, -0.1) is 6.58 Å². The van der Waals surface area contributed by atoms with Gasteiger partial charge in [0.25, 0.3) is 0 Å². The van der Waals surface area contributed by atoms with E-state index in [2.05, 4.69) is 27.8 Å². The van der Waals surface area contributed by atoms with Crippen LogP contribution in [0.25, 0.3) is 0 Å². The molecule has 3 nitrogen and oxygen atoms in total. The molecule has 1 saturated heterocycles. The Morgan fingerprint density at radius 3 is 3.22 bits per heavy atom. The second kappa shape index (κ2) is 6.50. The molecule has 4 heteroatoms. The zero-order chi connectivity index (χ0) is 12.8. The first kappa shape index (κ1) is 13.0. The molecule has 2 heterocycles. The van der Waals surface area contributed by atoms with Crippen LogP contribution in [0.15, 0.2) is 37.2 Å². The van der Waals surface area contributed by atoms with Crippen molar-refractivity contribution < 1.29 is 0 Å². The molecule has 1 aromatic rings. The lowest BCUT2D eigenvalue weighted by molar-refractivity contribution is 0.242. The van der Waals surface area contributed by atoms with E-state index in [0.717, 1.165) is 24.6 Å². The van der Waals surface area contributed by atoms with Crippen LogP contribution in [0.3, 0.4) is 0 Å². The molecule has 0 aliphatic carbocycles. The van der Waals surface area contributed by atoms with Crippen molar-refractivity contribution in [3.63, 3.8) is 0 Å². The Bertz CT molecular complexity index is 405. The summed E-state index contributed by atoms with van der Waals surface area (Å²) in [5, 5.41) is 4.04. The Morgan fingerprint density at radius 1 is 1.61 bits per heavy atom. The number of thiocarbonyl (C=S) groups is 1. The highest BCUT2D eigenvalue weighted by Crippen LogP contribution is 2.30. The molecule has 1 atom stereocenters. The van der Waals surface area contributed by atoms with Gasteiger partial charge in [-0.2, -0.15) is 0 Å². The second-order valence-electron chi connectivity index (χ2n) is 4.47. The fourth-order valence-electron chi connectivity index (χ4n) is 2.36. The van der Waals surface area contributed by atoms with Gasteiger partial charge >= 0.3 is 0 Å². The first-order valence-corrected chi connectivity index (χ1v) is 6.79. The van der Waals surface area contributed by atoms with Crippen molar-refractivity contribution in [2.75, 3.05) is 13.1 Å². The Balaban J connectivity index is 2.11. The zero-order valence-corrected chi connectivity index (χ0v) is 11.3. The predicted molar refractivity (Wildman–Crippen MR) is 78.3 cm³/mol. The molecular formula is C14H19N3S. The van der Waals surface area contributed by atoms with E-state index < -0.39 is 0 Å². The van der Waals surface area contributed by atoms with E-state index in [0.29, 0.717) is 6.04 Å². The monoisotopic (exact) mass is 261 g/mol. The van der Waals surface area contributed by atoms with Gasteiger partial charge in [0.1, 0.15) is 0 Å². The lowest BCUT2D eigenvalue weighted by Gasteiger charge is -2.37. The van der Waals surface area contributed by atoms with Crippen molar-refractivity contribution in [1.82, 2.24) is 15.2 Å². The predicted octanol–water partition coefficient (Wildman–Crippen LogP) is 2.67. The lowest BCUT2D eigenvalue weighted by Crippen LogP contribution is -2.44. The van der Waals surface area contributed by atoms with Crippen LogP contribution in [0.4, 0.5) is 0 Å². The summed E-state index contributed by atoms with van der Waals surface area (Å²) in [4.78, 5) is 6.49. The minimum absolute atomic E-state index is 0.359. The SMILES string of the molecule is C=CCNC(=S)N1CCCC[C@@H]1c1cccnc1. The molecule has 1 fully saturated rings. The van der Waals surface area contributed by atoms with Crippen LogP contribution in [0, 0.1) is 0 Å². The Labute approximate surface area is 114 Å². The number of nitrogens with one attached hydrogen (secondary N) is 1. The van der Waals surface area contributed by atoms with Gasteiger partial charge < -0.3 is 10.2 Å². The third-order valence-electron chi connectivity index (χ3n) is 3.23. The van der Waals surface area contributed by atoms with Crippen molar-refractivity contribution in [3.8, 4) is 0 Å². The van der Waals surface area contributed by atoms with Gasteiger partial charge in [-0.05, 0) is 43.1 Å². The smallest absolute Gasteiger partial charge is 0.169 e. The number of nitrogens with zero attached hydrogens (tertiary/aromatic N) is 2. The molecule has 1 aromatic heterocycles. The highest BCUT2D eigenvalue weighted by atomic mass is 32.1. The van der Waals surface area contributed by atoms with Gasteiger partial charge in [-0.3, -0.25) is 4.98 Å². The van der Waals surface area contributed by atoms with Crippen molar-refractivity contribution >= 4 is 17.3 Å². The number of hydrogen-bond acceptors (Lipinski definition) is 2. The molecule has 0 spiro atoms. The van der Waals surface area contributed by atoms with E-state index >= 15 is 0 Å². The highest BCUT2D eigenvalue weighted by Gasteiger charge is 2.25. The Morgan fingerprint density at radius 2 is 2.50 bits per heavy atom. The van der Waals surface area contributed by atoms with Gasteiger partial charge in [-0.25, -0.2) is 0 Å². The first-order valence-electron chi connectivity index (χ1n) is 6.38. The molecule has 0 unspecified atom stereocenters. The van der Waals surface area contributed by atoms with Gasteiger partial charge in [0.2, 0.25) is 0 Å². The quantitative estimate of drug-likeness (QED) is 0.669. The van der Waals surface area contributed by atoms with Crippen LogP contribution >= 0.6 is 12.2 Å². The second-order valence-corrected chi connectivity index (χ2v) is 4.85. The third-order valence-corrected chi connectivity index (χ3v) is 3.61. The van der Waals surface area contributed by atoms with Crippen LogP contribution < -0.4 is 5.32 Å². The number of likely N-dealkylation sites (tertiary alicyclic amines) is 1. The number of rotatable bonds is 3. The van der Waals surface area contributed by atoms with E-state index in [1.807, 2.05) is 24.5 Å². The maximum Gasteiger partial charge on any atom is 0.169 e. The maximum absolute atomic E-state index is 5.46. The molecule has 18 heavy (non-hydrogen) atoms. The normalized spacial score (nSPS) is 19.3. The Kier molecular flexibility index (Phi) is 4.70. The van der Waals surface area contributed by atoms with Gasteiger partial charge in [0.15, 0.2) is 5.11 Å². The summed E-state index contributed by atoms with van der Waals surface area (Å²) >= 11 is 5.46. The third kappa shape index (κ3) is 3.07. The van der Waals surface area contributed by atoms with Crippen LogP contribution in [0.5, 0.6) is 0 Å². The first-order chi connectivity index (χ1) is 8.83. The topological polar surface area (TPSA) is 28.2 Å². The van der Waals surface area contributed by atoms with Gasteiger partial charge in [0, 0.05) is 25.5 Å². The summed E-state index contributed by atoms with van der Waals surface area (Å²) in [6, 6.07) is 4.48. The van der Waals surface area contributed by atoms with E-state index in [1.165, 1.54) is 18.4 Å². The van der Waals surface area contributed by atoms with Crippen LogP contribution in [-0.4, -0.2) is 28.1 Å². The van der Waals surface area contributed by atoms with E-state index in [1.54, 1.807) is 0 Å². The number of hydrogen-bond donors (Lipinski definition) is 1. The largest absolute Gasteiger partial charge is 0.359 e. The lowest BCUT2D eigenvalue weighted by atomic mass is 9.97. The average Bonchev–Trinajstić information content (AvgIpc) is 2.45. The fourth-order valence-corrected chi connectivity index (χ4v) is 2.66. The molecule has 0 bridgehead atoms. The Hall–Kier alpha value is -1.42. The molecular weight excluding hydrogens is 242 g/mol. The fraction of sp³-hybridized carbons (Fsp3) is 0.429. The number of aromatic nitrogens is 1. The molecule has 2 rings (SSSR count). The molecule has 1 N–H and O–H groups in total. The van der Waals surface area contributed by atoms with Crippen molar-refractivity contribution in [3.05, 3.63) is 42.7 Å². The van der Waals surface area contributed by atoms with Gasteiger partial charge in [0.05, 0.1) is 6.04 Å².